The van der Waals surface area contributed by atoms with Crippen LogP contribution in [0.15, 0.2) is 42.5 Å². The Balaban J connectivity index is 1.57. The second kappa shape index (κ2) is 6.99. The summed E-state index contributed by atoms with van der Waals surface area (Å²) < 4.78 is 32.2. The topological polar surface area (TPSA) is 29.5 Å². The zero-order chi connectivity index (χ0) is 17.1. The molecule has 0 spiro atoms. The molecule has 126 valence electrons. The number of likely N-dealkylation sites (tertiary alicyclic amines) is 1. The summed E-state index contributed by atoms with van der Waals surface area (Å²) in [7, 11) is 0. The summed E-state index contributed by atoms with van der Waals surface area (Å²) in [5.41, 5.74) is 1.35. The molecule has 3 rings (SSSR count). The lowest BCUT2D eigenvalue weighted by Crippen LogP contribution is -2.41. The van der Waals surface area contributed by atoms with E-state index in [1.165, 1.54) is 11.6 Å². The van der Waals surface area contributed by atoms with Crippen LogP contribution >= 0.6 is 0 Å². The van der Waals surface area contributed by atoms with Crippen molar-refractivity contribution in [2.45, 2.75) is 25.9 Å². The molecule has 1 aliphatic heterocycles. The van der Waals surface area contributed by atoms with E-state index in [1.807, 2.05) is 31.2 Å². The van der Waals surface area contributed by atoms with E-state index in [2.05, 4.69) is 0 Å². The minimum absolute atomic E-state index is 0.0571. The van der Waals surface area contributed by atoms with E-state index in [9.17, 15) is 13.6 Å². The highest BCUT2D eigenvalue weighted by atomic mass is 19.2. The number of ether oxygens (including phenoxy) is 1. The van der Waals surface area contributed by atoms with Gasteiger partial charge in [-0.3, -0.25) is 4.79 Å². The van der Waals surface area contributed by atoms with Crippen LogP contribution in [0.25, 0.3) is 0 Å². The third-order valence-corrected chi connectivity index (χ3v) is 4.22. The van der Waals surface area contributed by atoms with E-state index in [4.69, 9.17) is 4.74 Å². The van der Waals surface area contributed by atoms with Crippen LogP contribution in [0.5, 0.6) is 5.75 Å². The van der Waals surface area contributed by atoms with Crippen molar-refractivity contribution in [3.63, 3.8) is 0 Å². The molecule has 1 aliphatic rings. The second-order valence-corrected chi connectivity index (χ2v) is 6.05. The predicted molar refractivity (Wildman–Crippen MR) is 87.1 cm³/mol. The van der Waals surface area contributed by atoms with Crippen LogP contribution in [0, 0.1) is 18.6 Å². The Hall–Kier alpha value is -2.43. The number of amides is 1. The standard InChI is InChI=1S/C19H19F2NO2/c1-13-2-5-15(6-3-13)24-16-8-10-22(11-9-16)19(23)14-4-7-17(20)18(21)12-14/h2-7,12,16H,8-11H2,1H3. The Kier molecular flexibility index (Phi) is 4.79. The van der Waals surface area contributed by atoms with Gasteiger partial charge in [0.05, 0.1) is 0 Å². The first-order chi connectivity index (χ1) is 11.5. The smallest absolute Gasteiger partial charge is 0.253 e. The molecule has 0 radical (unpaired) electrons. The first-order valence-corrected chi connectivity index (χ1v) is 8.00. The number of hydrogen-bond acceptors (Lipinski definition) is 2. The molecule has 0 saturated carbocycles. The van der Waals surface area contributed by atoms with Crippen LogP contribution < -0.4 is 4.74 Å². The van der Waals surface area contributed by atoms with E-state index in [-0.39, 0.29) is 17.6 Å². The first kappa shape index (κ1) is 16.4. The maximum absolute atomic E-state index is 13.3. The van der Waals surface area contributed by atoms with Gasteiger partial charge in [-0.05, 0) is 37.3 Å². The monoisotopic (exact) mass is 331 g/mol. The molecule has 1 amide bonds. The van der Waals surface area contributed by atoms with Gasteiger partial charge in [0.15, 0.2) is 11.6 Å². The lowest BCUT2D eigenvalue weighted by molar-refractivity contribution is 0.0595. The number of hydrogen-bond donors (Lipinski definition) is 0. The van der Waals surface area contributed by atoms with Crippen molar-refractivity contribution in [1.29, 1.82) is 0 Å². The van der Waals surface area contributed by atoms with Crippen LogP contribution in [-0.2, 0) is 0 Å². The Bertz CT molecular complexity index is 723. The van der Waals surface area contributed by atoms with Gasteiger partial charge in [-0.1, -0.05) is 17.7 Å². The first-order valence-electron chi connectivity index (χ1n) is 8.00. The van der Waals surface area contributed by atoms with Crippen LogP contribution in [0.3, 0.4) is 0 Å². The Morgan fingerprint density at radius 3 is 2.33 bits per heavy atom. The van der Waals surface area contributed by atoms with Gasteiger partial charge in [-0.15, -0.1) is 0 Å². The van der Waals surface area contributed by atoms with Crippen molar-refractivity contribution in [1.82, 2.24) is 4.90 Å². The average molecular weight is 331 g/mol. The van der Waals surface area contributed by atoms with E-state index >= 15 is 0 Å². The van der Waals surface area contributed by atoms with Crippen molar-refractivity contribution in [3.8, 4) is 5.75 Å². The molecule has 0 bridgehead atoms. The highest BCUT2D eigenvalue weighted by Gasteiger charge is 2.25. The van der Waals surface area contributed by atoms with Gasteiger partial charge < -0.3 is 9.64 Å². The van der Waals surface area contributed by atoms with Gasteiger partial charge in [-0.25, -0.2) is 8.78 Å². The summed E-state index contributed by atoms with van der Waals surface area (Å²) in [5.74, 6) is -1.40. The molecule has 0 unspecified atom stereocenters. The zero-order valence-corrected chi connectivity index (χ0v) is 13.5. The molecule has 0 atom stereocenters. The normalized spacial score (nSPS) is 15.4. The minimum Gasteiger partial charge on any atom is -0.490 e. The molecule has 3 nitrogen and oxygen atoms in total. The molecule has 0 N–H and O–H groups in total. The molecule has 1 fully saturated rings. The number of rotatable bonds is 3. The number of halogens is 2. The van der Waals surface area contributed by atoms with E-state index in [0.717, 1.165) is 17.9 Å². The zero-order valence-electron chi connectivity index (χ0n) is 13.5. The largest absolute Gasteiger partial charge is 0.490 e. The van der Waals surface area contributed by atoms with E-state index < -0.39 is 11.6 Å². The molecular weight excluding hydrogens is 312 g/mol. The van der Waals surface area contributed by atoms with Crippen molar-refractivity contribution in [2.75, 3.05) is 13.1 Å². The fourth-order valence-electron chi connectivity index (χ4n) is 2.80. The SMILES string of the molecule is Cc1ccc(OC2CCN(C(=O)c3ccc(F)c(F)c3)CC2)cc1. The Morgan fingerprint density at radius 2 is 1.71 bits per heavy atom. The molecule has 24 heavy (non-hydrogen) atoms. The second-order valence-electron chi connectivity index (χ2n) is 6.05. The van der Waals surface area contributed by atoms with Crippen LogP contribution in [0.2, 0.25) is 0 Å². The number of benzene rings is 2. The highest BCUT2D eigenvalue weighted by Crippen LogP contribution is 2.21. The summed E-state index contributed by atoms with van der Waals surface area (Å²) in [6.45, 7) is 3.09. The fourth-order valence-corrected chi connectivity index (χ4v) is 2.80. The van der Waals surface area contributed by atoms with E-state index in [1.54, 1.807) is 4.90 Å². The van der Waals surface area contributed by atoms with Gasteiger partial charge in [0.1, 0.15) is 11.9 Å². The minimum atomic E-state index is -1.00. The summed E-state index contributed by atoms with van der Waals surface area (Å²) in [6.07, 6.45) is 1.48. The summed E-state index contributed by atoms with van der Waals surface area (Å²) in [5, 5.41) is 0. The Labute approximate surface area is 139 Å². The molecule has 2 aromatic carbocycles. The molecule has 2 aromatic rings. The number of carbonyl (C=O) groups excluding carboxylic acids is 1. The highest BCUT2D eigenvalue weighted by molar-refractivity contribution is 5.94. The molecule has 0 aromatic heterocycles. The van der Waals surface area contributed by atoms with Crippen LogP contribution in [0.4, 0.5) is 8.78 Å². The number of nitrogens with zero attached hydrogens (tertiary/aromatic N) is 1. The lowest BCUT2D eigenvalue weighted by Gasteiger charge is -2.32. The predicted octanol–water partition coefficient (Wildman–Crippen LogP) is 3.96. The lowest BCUT2D eigenvalue weighted by atomic mass is 10.1. The van der Waals surface area contributed by atoms with Gasteiger partial charge in [-0.2, -0.15) is 0 Å². The van der Waals surface area contributed by atoms with Gasteiger partial charge in [0, 0.05) is 31.5 Å². The summed E-state index contributed by atoms with van der Waals surface area (Å²) in [6, 6.07) is 11.1. The third-order valence-electron chi connectivity index (χ3n) is 4.22. The van der Waals surface area contributed by atoms with Crippen molar-refractivity contribution in [3.05, 3.63) is 65.2 Å². The maximum atomic E-state index is 13.3. The quantitative estimate of drug-likeness (QED) is 0.852. The molecule has 0 aliphatic carbocycles. The third kappa shape index (κ3) is 3.72. The van der Waals surface area contributed by atoms with Crippen molar-refractivity contribution < 1.29 is 18.3 Å². The Morgan fingerprint density at radius 1 is 1.04 bits per heavy atom. The van der Waals surface area contributed by atoms with Crippen LogP contribution in [0.1, 0.15) is 28.8 Å². The maximum Gasteiger partial charge on any atom is 0.253 e. The number of piperidine rings is 1. The summed E-state index contributed by atoms with van der Waals surface area (Å²) >= 11 is 0. The van der Waals surface area contributed by atoms with Gasteiger partial charge in [0.25, 0.3) is 5.91 Å². The average Bonchev–Trinajstić information content (AvgIpc) is 2.59. The molecule has 5 heteroatoms. The molecule has 1 saturated heterocycles. The molecule has 1 heterocycles. The number of aryl methyl sites for hydroxylation is 1. The molecular formula is C19H19F2NO2. The number of carbonyl (C=O) groups is 1. The van der Waals surface area contributed by atoms with Crippen molar-refractivity contribution in [2.24, 2.45) is 0 Å². The fraction of sp³-hybridized carbons (Fsp3) is 0.316. The van der Waals surface area contributed by atoms with Gasteiger partial charge >= 0.3 is 0 Å². The van der Waals surface area contributed by atoms with Crippen LogP contribution in [-0.4, -0.2) is 30.0 Å². The van der Waals surface area contributed by atoms with E-state index in [0.29, 0.717) is 25.9 Å². The van der Waals surface area contributed by atoms with Gasteiger partial charge in [0.2, 0.25) is 0 Å². The summed E-state index contributed by atoms with van der Waals surface area (Å²) in [4.78, 5) is 14.0. The van der Waals surface area contributed by atoms with Crippen molar-refractivity contribution >= 4 is 5.91 Å².